The van der Waals surface area contributed by atoms with Crippen LogP contribution in [-0.4, -0.2) is 52.6 Å². The standard InChI is InChI=1S/C23H25NO.C8H14N2O3.C5H8O2.C4H10.C2H6/c1-4-23(2,3)14-8-9-17-12-13-20-19(15-17)22(25)16-21(24-20)18-10-6-5-7-11-18;1-7(11)9-6-8(12)10-4-2-3-5-13-10;1-2-3-4-5(6)7;1-3-4-2;1-2/h5-13,15-16H,4,14H2,1-3H3,(H,24,25);2-6H2,1H3,(H,9,11);2H,1,3-4H2,(H,6,7);3-4H2,1-2H3;1-2H3/b9-8+;;;;. The predicted molar refractivity (Wildman–Crippen MR) is 212 cm³/mol. The molecule has 0 unspecified atom stereocenters. The number of hydrogen-bond acceptors (Lipinski definition) is 5. The summed E-state index contributed by atoms with van der Waals surface area (Å²) in [6.07, 6.45) is 13.4. The number of hydrogen-bond donors (Lipinski definition) is 3. The number of H-pyrrole nitrogens is 1. The molecule has 2 heterocycles. The number of benzene rings is 2. The Morgan fingerprint density at radius 1 is 1.02 bits per heavy atom. The van der Waals surface area contributed by atoms with E-state index in [1.807, 2.05) is 56.3 Å². The van der Waals surface area contributed by atoms with E-state index in [0.29, 0.717) is 25.0 Å². The first kappa shape index (κ1) is 46.5. The molecule has 9 heteroatoms. The van der Waals surface area contributed by atoms with Crippen LogP contribution in [0, 0.1) is 5.41 Å². The molecule has 1 saturated heterocycles. The number of fused-ring (bicyclic) bond motifs is 1. The minimum Gasteiger partial charge on any atom is -0.481 e. The molecule has 9 nitrogen and oxygen atoms in total. The number of carbonyl (C=O) groups excluding carboxylic acids is 2. The quantitative estimate of drug-likeness (QED) is 0.171. The molecular formula is C42H63N3O6. The summed E-state index contributed by atoms with van der Waals surface area (Å²) in [7, 11) is 0. The van der Waals surface area contributed by atoms with Crippen LogP contribution in [0.2, 0.25) is 0 Å². The van der Waals surface area contributed by atoms with Gasteiger partial charge in [-0.3, -0.25) is 24.0 Å². The molecule has 0 aliphatic carbocycles. The van der Waals surface area contributed by atoms with Crippen molar-refractivity contribution < 1.29 is 24.3 Å². The van der Waals surface area contributed by atoms with Gasteiger partial charge in [0.2, 0.25) is 5.91 Å². The Hall–Kier alpha value is -4.50. The van der Waals surface area contributed by atoms with Crippen molar-refractivity contribution in [3.05, 3.63) is 89.1 Å². The molecular weight excluding hydrogens is 642 g/mol. The number of nitrogens with one attached hydrogen (secondary N) is 2. The van der Waals surface area contributed by atoms with Crippen LogP contribution in [0.1, 0.15) is 112 Å². The Labute approximate surface area is 306 Å². The topological polar surface area (TPSA) is 129 Å². The van der Waals surface area contributed by atoms with Gasteiger partial charge >= 0.3 is 5.97 Å². The summed E-state index contributed by atoms with van der Waals surface area (Å²) in [4.78, 5) is 52.5. The molecule has 0 atom stereocenters. The molecule has 1 aliphatic rings. The SMILES string of the molecule is C=CCCC(=O)O.CC.CC(=O)NCC(=O)N1CCCCO1.CCC(C)(C)C/C=C/c1ccc2[nH]c(-c3ccccc3)cc(=O)c2c1.CCCC. The number of rotatable bonds is 11. The van der Waals surface area contributed by atoms with Crippen LogP contribution in [0.15, 0.2) is 78.1 Å². The maximum absolute atomic E-state index is 12.6. The molecule has 0 spiro atoms. The molecule has 2 amide bonds. The van der Waals surface area contributed by atoms with E-state index in [4.69, 9.17) is 9.94 Å². The van der Waals surface area contributed by atoms with Gasteiger partial charge in [-0.15, -0.1) is 6.58 Å². The summed E-state index contributed by atoms with van der Waals surface area (Å²) in [5.41, 5.74) is 4.18. The van der Waals surface area contributed by atoms with Crippen LogP contribution in [0.25, 0.3) is 28.2 Å². The first-order valence-electron chi connectivity index (χ1n) is 18.3. The lowest BCUT2D eigenvalue weighted by atomic mass is 9.86. The Kier molecular flexibility index (Phi) is 24.8. The lowest BCUT2D eigenvalue weighted by Gasteiger charge is -2.25. The van der Waals surface area contributed by atoms with Crippen molar-refractivity contribution in [2.45, 2.75) is 107 Å². The number of hydroxylamine groups is 2. The minimum absolute atomic E-state index is 0.0231. The highest BCUT2D eigenvalue weighted by molar-refractivity contribution is 5.84. The summed E-state index contributed by atoms with van der Waals surface area (Å²) in [6.45, 7) is 21.1. The third kappa shape index (κ3) is 20.7. The third-order valence-electron chi connectivity index (χ3n) is 7.71. The van der Waals surface area contributed by atoms with E-state index in [2.05, 4.69) is 69.7 Å². The number of carboxylic acids is 1. The number of aliphatic carboxylic acids is 1. The van der Waals surface area contributed by atoms with E-state index in [-0.39, 0.29) is 30.2 Å². The van der Waals surface area contributed by atoms with Crippen LogP contribution in [-0.2, 0) is 19.2 Å². The van der Waals surface area contributed by atoms with Gasteiger partial charge in [-0.2, -0.15) is 0 Å². The second kappa shape index (κ2) is 27.3. The maximum atomic E-state index is 12.6. The number of carbonyl (C=O) groups is 3. The summed E-state index contributed by atoms with van der Waals surface area (Å²) in [5, 5.41) is 12.5. The zero-order chi connectivity index (χ0) is 38.7. The second-order valence-electron chi connectivity index (χ2n) is 12.5. The molecule has 0 bridgehead atoms. The van der Waals surface area contributed by atoms with Gasteiger partial charge in [-0.1, -0.05) is 122 Å². The molecule has 4 rings (SSSR count). The molecule has 51 heavy (non-hydrogen) atoms. The summed E-state index contributed by atoms with van der Waals surface area (Å²) in [6, 6.07) is 17.6. The largest absolute Gasteiger partial charge is 0.481 e. The smallest absolute Gasteiger partial charge is 0.303 e. The van der Waals surface area contributed by atoms with E-state index >= 15 is 0 Å². The predicted octanol–water partition coefficient (Wildman–Crippen LogP) is 9.58. The van der Waals surface area contributed by atoms with Crippen molar-refractivity contribution in [1.82, 2.24) is 15.4 Å². The van der Waals surface area contributed by atoms with Crippen LogP contribution < -0.4 is 10.7 Å². The number of unbranched alkanes of at least 4 members (excludes halogenated alkanes) is 1. The minimum atomic E-state index is -0.764. The number of aromatic nitrogens is 1. The molecule has 282 valence electrons. The molecule has 0 radical (unpaired) electrons. The van der Waals surface area contributed by atoms with Crippen molar-refractivity contribution in [3.63, 3.8) is 0 Å². The first-order chi connectivity index (χ1) is 24.4. The maximum Gasteiger partial charge on any atom is 0.303 e. The Morgan fingerprint density at radius 2 is 1.69 bits per heavy atom. The van der Waals surface area contributed by atoms with Crippen LogP contribution in [0.4, 0.5) is 0 Å². The van der Waals surface area contributed by atoms with Crippen molar-refractivity contribution in [2.24, 2.45) is 5.41 Å². The van der Waals surface area contributed by atoms with Gasteiger partial charge in [0, 0.05) is 42.6 Å². The zero-order valence-electron chi connectivity index (χ0n) is 32.3. The number of pyridine rings is 1. The second-order valence-corrected chi connectivity index (χ2v) is 12.5. The molecule has 3 N–H and O–H groups in total. The number of carboxylic acid groups (broad SMARTS) is 1. The van der Waals surface area contributed by atoms with Gasteiger partial charge in [0.05, 0.1) is 13.2 Å². The number of amides is 2. The Morgan fingerprint density at radius 3 is 2.20 bits per heavy atom. The fourth-order valence-electron chi connectivity index (χ4n) is 4.11. The number of aromatic amines is 1. The van der Waals surface area contributed by atoms with Crippen molar-refractivity contribution in [3.8, 4) is 11.3 Å². The fraction of sp³-hybridized carbons (Fsp3) is 0.476. The molecule has 0 saturated carbocycles. The Bertz CT molecular complexity index is 1520. The average molecular weight is 706 g/mol. The van der Waals surface area contributed by atoms with Crippen molar-refractivity contribution in [2.75, 3.05) is 19.7 Å². The number of allylic oxidation sites excluding steroid dienone is 2. The summed E-state index contributed by atoms with van der Waals surface area (Å²) >= 11 is 0. The highest BCUT2D eigenvalue weighted by Gasteiger charge is 2.17. The van der Waals surface area contributed by atoms with Crippen molar-refractivity contribution in [1.29, 1.82) is 0 Å². The van der Waals surface area contributed by atoms with E-state index in [9.17, 15) is 19.2 Å². The molecule has 1 aromatic heterocycles. The summed E-state index contributed by atoms with van der Waals surface area (Å²) < 4.78 is 0. The van der Waals surface area contributed by atoms with Crippen molar-refractivity contribution >= 4 is 34.8 Å². The zero-order valence-corrected chi connectivity index (χ0v) is 32.3. The van der Waals surface area contributed by atoms with Crippen LogP contribution >= 0.6 is 0 Å². The third-order valence-corrected chi connectivity index (χ3v) is 7.71. The lowest BCUT2D eigenvalue weighted by molar-refractivity contribution is -0.196. The molecule has 2 aromatic carbocycles. The van der Waals surface area contributed by atoms with E-state index < -0.39 is 5.97 Å². The molecule has 1 aliphatic heterocycles. The lowest BCUT2D eigenvalue weighted by Crippen LogP contribution is -2.42. The van der Waals surface area contributed by atoms with Gasteiger partial charge in [-0.05, 0) is 54.4 Å². The monoisotopic (exact) mass is 705 g/mol. The van der Waals surface area contributed by atoms with Gasteiger partial charge < -0.3 is 15.4 Å². The highest BCUT2D eigenvalue weighted by atomic mass is 16.7. The molecule has 3 aromatic rings. The Balaban J connectivity index is 0.000000801. The van der Waals surface area contributed by atoms with Gasteiger partial charge in [0.25, 0.3) is 5.91 Å². The van der Waals surface area contributed by atoms with Gasteiger partial charge in [-0.25, -0.2) is 5.06 Å². The van der Waals surface area contributed by atoms with Gasteiger partial charge in [0.1, 0.15) is 0 Å². The normalized spacial score (nSPS) is 12.0. The van der Waals surface area contributed by atoms with Crippen LogP contribution in [0.3, 0.4) is 0 Å². The fourth-order valence-corrected chi connectivity index (χ4v) is 4.11. The summed E-state index contributed by atoms with van der Waals surface area (Å²) in [5.74, 6) is -1.15. The number of nitrogens with zero attached hydrogens (tertiary/aromatic N) is 1. The average Bonchev–Trinajstić information content (AvgIpc) is 3.15. The van der Waals surface area contributed by atoms with E-state index in [0.717, 1.165) is 53.4 Å². The van der Waals surface area contributed by atoms with E-state index in [1.165, 1.54) is 24.8 Å². The molecule has 1 fully saturated rings. The first-order valence-corrected chi connectivity index (χ1v) is 18.3. The van der Waals surface area contributed by atoms with Crippen LogP contribution in [0.5, 0.6) is 0 Å². The van der Waals surface area contributed by atoms with Gasteiger partial charge in [0.15, 0.2) is 5.43 Å². The van der Waals surface area contributed by atoms with E-state index in [1.54, 1.807) is 12.1 Å². The highest BCUT2D eigenvalue weighted by Crippen LogP contribution is 2.25.